The Morgan fingerprint density at radius 2 is 1.76 bits per heavy atom. The van der Waals surface area contributed by atoms with Gasteiger partial charge in [0.1, 0.15) is 0 Å². The molecule has 0 amide bonds. The Morgan fingerprint density at radius 3 is 2.41 bits per heavy atom. The number of carboxylic acids is 1. The zero-order chi connectivity index (χ0) is 21.5. The van der Waals surface area contributed by atoms with Crippen molar-refractivity contribution in [2.24, 2.45) is 22.7 Å². The van der Waals surface area contributed by atoms with Crippen molar-refractivity contribution in [1.82, 2.24) is 0 Å². The highest BCUT2D eigenvalue weighted by molar-refractivity contribution is 5.76. The molecule has 2 saturated carbocycles. The number of carbonyl (C=O) groups excluding carboxylic acids is 1. The summed E-state index contributed by atoms with van der Waals surface area (Å²) in [5.74, 6) is -0.395. The number of carbonyl (C=O) groups is 2. The van der Waals surface area contributed by atoms with Crippen LogP contribution in [0.5, 0.6) is 0 Å². The molecule has 0 spiro atoms. The van der Waals surface area contributed by atoms with E-state index in [9.17, 15) is 9.59 Å². The Labute approximate surface area is 175 Å². The van der Waals surface area contributed by atoms with Crippen LogP contribution < -0.4 is 0 Å². The monoisotopic (exact) mass is 406 g/mol. The molecule has 3 aliphatic rings. The molecule has 3 fully saturated rings. The smallest absolute Gasteiger partial charge is 0.306 e. The maximum Gasteiger partial charge on any atom is 0.306 e. The second kappa shape index (κ2) is 7.72. The van der Waals surface area contributed by atoms with Gasteiger partial charge in [-0.3, -0.25) is 9.59 Å². The molecule has 1 saturated heterocycles. The molecule has 1 N–H and O–H groups in total. The van der Waals surface area contributed by atoms with E-state index in [1.165, 1.54) is 6.42 Å². The molecule has 0 aromatic carbocycles. The van der Waals surface area contributed by atoms with Crippen molar-refractivity contribution in [2.75, 3.05) is 6.61 Å². The fourth-order valence-electron chi connectivity index (χ4n) is 7.03. The predicted molar refractivity (Wildman–Crippen MR) is 111 cm³/mol. The van der Waals surface area contributed by atoms with Crippen molar-refractivity contribution in [1.29, 1.82) is 0 Å². The standard InChI is InChI=1S/C24H38O5/c1-6-22(3)14-10-18-23(4)13-7-12-21(2,16-28-20(27)9-8-19(25)26)17(23)11-15-24(18,5)29-22/h6,17-18H,1,7-16H2,2-5H3,(H,25,26)/t17-,18+,21+,22+,23-,24+/m1/s1. The molecule has 29 heavy (non-hydrogen) atoms. The second-order valence-corrected chi connectivity index (χ2v) is 10.7. The lowest BCUT2D eigenvalue weighted by Gasteiger charge is -2.65. The van der Waals surface area contributed by atoms with E-state index in [1.54, 1.807) is 0 Å². The number of fused-ring (bicyclic) bond motifs is 3. The summed E-state index contributed by atoms with van der Waals surface area (Å²) in [5.41, 5.74) is -0.280. The van der Waals surface area contributed by atoms with Gasteiger partial charge in [-0.2, -0.15) is 0 Å². The lowest BCUT2D eigenvalue weighted by molar-refractivity contribution is -0.257. The molecule has 0 aromatic heterocycles. The molecule has 0 radical (unpaired) electrons. The summed E-state index contributed by atoms with van der Waals surface area (Å²) in [7, 11) is 0. The van der Waals surface area contributed by atoms with E-state index in [1.807, 2.05) is 6.08 Å². The number of hydrogen-bond acceptors (Lipinski definition) is 4. The molecule has 0 bridgehead atoms. The summed E-state index contributed by atoms with van der Waals surface area (Å²) in [6.07, 6.45) is 9.33. The topological polar surface area (TPSA) is 72.8 Å². The maximum atomic E-state index is 12.0. The third kappa shape index (κ3) is 4.12. The molecule has 3 rings (SSSR count). The number of hydrogen-bond donors (Lipinski definition) is 1. The summed E-state index contributed by atoms with van der Waals surface area (Å²) in [6, 6.07) is 0. The van der Waals surface area contributed by atoms with Gasteiger partial charge < -0.3 is 14.6 Å². The molecule has 0 aromatic rings. The SMILES string of the molecule is C=C[C@@]1(C)CC[C@H]2[C@]3(C)CCC[C@@](C)(COC(=O)CCC(=O)O)[C@H]3CC[C@]2(C)O1. The predicted octanol–water partition coefficient (Wildman–Crippen LogP) is 5.13. The van der Waals surface area contributed by atoms with Crippen molar-refractivity contribution in [3.8, 4) is 0 Å². The van der Waals surface area contributed by atoms with Gasteiger partial charge in [-0.05, 0) is 69.6 Å². The van der Waals surface area contributed by atoms with Crippen LogP contribution in [0.25, 0.3) is 0 Å². The van der Waals surface area contributed by atoms with E-state index in [-0.39, 0.29) is 34.9 Å². The number of ether oxygens (including phenoxy) is 2. The highest BCUT2D eigenvalue weighted by Gasteiger charge is 2.62. The van der Waals surface area contributed by atoms with Crippen molar-refractivity contribution < 1.29 is 24.2 Å². The summed E-state index contributed by atoms with van der Waals surface area (Å²) >= 11 is 0. The lowest BCUT2D eigenvalue weighted by atomic mass is 9.44. The normalized spacial score (nSPS) is 44.3. The van der Waals surface area contributed by atoms with Gasteiger partial charge in [-0.1, -0.05) is 26.3 Å². The van der Waals surface area contributed by atoms with Crippen molar-refractivity contribution >= 4 is 11.9 Å². The Kier molecular flexibility index (Phi) is 5.94. The number of rotatable bonds is 6. The summed E-state index contributed by atoms with van der Waals surface area (Å²) in [4.78, 5) is 22.7. The minimum absolute atomic E-state index is 0.0536. The molecule has 5 nitrogen and oxygen atoms in total. The number of esters is 1. The molecule has 164 valence electrons. The van der Waals surface area contributed by atoms with E-state index in [4.69, 9.17) is 14.6 Å². The van der Waals surface area contributed by atoms with Gasteiger partial charge in [-0.15, -0.1) is 6.58 Å². The van der Waals surface area contributed by atoms with Crippen molar-refractivity contribution in [3.05, 3.63) is 12.7 Å². The first-order valence-corrected chi connectivity index (χ1v) is 11.2. The van der Waals surface area contributed by atoms with Crippen molar-refractivity contribution in [3.63, 3.8) is 0 Å². The first-order valence-electron chi connectivity index (χ1n) is 11.2. The highest BCUT2D eigenvalue weighted by atomic mass is 16.5. The second-order valence-electron chi connectivity index (χ2n) is 10.7. The van der Waals surface area contributed by atoms with Gasteiger partial charge in [0, 0.05) is 5.41 Å². The molecule has 1 aliphatic heterocycles. The molecule has 1 heterocycles. The lowest BCUT2D eigenvalue weighted by Crippen LogP contribution is -2.63. The van der Waals surface area contributed by atoms with Crippen LogP contribution in [0.2, 0.25) is 0 Å². The van der Waals surface area contributed by atoms with Gasteiger partial charge in [-0.25, -0.2) is 0 Å². The van der Waals surface area contributed by atoms with E-state index in [2.05, 4.69) is 34.3 Å². The molecular weight excluding hydrogens is 368 g/mol. The number of carboxylic acid groups (broad SMARTS) is 1. The molecule has 6 atom stereocenters. The van der Waals surface area contributed by atoms with Gasteiger partial charge >= 0.3 is 11.9 Å². The van der Waals surface area contributed by atoms with Gasteiger partial charge in [0.05, 0.1) is 30.7 Å². The Morgan fingerprint density at radius 1 is 1.07 bits per heavy atom. The number of aliphatic carboxylic acids is 1. The van der Waals surface area contributed by atoms with Crippen LogP contribution in [0.4, 0.5) is 0 Å². The molecule has 5 heteroatoms. The van der Waals surface area contributed by atoms with Crippen LogP contribution in [-0.4, -0.2) is 34.9 Å². The summed E-state index contributed by atoms with van der Waals surface area (Å²) < 4.78 is 12.3. The average molecular weight is 407 g/mol. The zero-order valence-corrected chi connectivity index (χ0v) is 18.6. The summed E-state index contributed by atoms with van der Waals surface area (Å²) in [5, 5.41) is 8.78. The van der Waals surface area contributed by atoms with Crippen LogP contribution in [0.1, 0.15) is 85.5 Å². The minimum Gasteiger partial charge on any atom is -0.481 e. The summed E-state index contributed by atoms with van der Waals surface area (Å²) in [6.45, 7) is 13.5. The van der Waals surface area contributed by atoms with Gasteiger partial charge in [0.25, 0.3) is 0 Å². The quantitative estimate of drug-likeness (QED) is 0.489. The van der Waals surface area contributed by atoms with Crippen LogP contribution >= 0.6 is 0 Å². The first kappa shape index (κ1) is 22.3. The van der Waals surface area contributed by atoms with E-state index < -0.39 is 11.9 Å². The Balaban J connectivity index is 1.75. The van der Waals surface area contributed by atoms with E-state index in [0.717, 1.165) is 38.5 Å². The maximum absolute atomic E-state index is 12.0. The third-order valence-corrected chi connectivity index (χ3v) is 8.50. The van der Waals surface area contributed by atoms with Crippen LogP contribution in [0.15, 0.2) is 12.7 Å². The Bertz CT molecular complexity index is 674. The van der Waals surface area contributed by atoms with Gasteiger partial charge in [0.2, 0.25) is 0 Å². The zero-order valence-electron chi connectivity index (χ0n) is 18.6. The molecule has 2 aliphatic carbocycles. The van der Waals surface area contributed by atoms with Crippen molar-refractivity contribution in [2.45, 2.75) is 96.7 Å². The third-order valence-electron chi connectivity index (χ3n) is 8.50. The largest absolute Gasteiger partial charge is 0.481 e. The minimum atomic E-state index is -0.964. The Hall–Kier alpha value is -1.36. The highest BCUT2D eigenvalue weighted by Crippen LogP contribution is 2.65. The van der Waals surface area contributed by atoms with Crippen LogP contribution in [0, 0.1) is 22.7 Å². The first-order chi connectivity index (χ1) is 13.5. The fourth-order valence-corrected chi connectivity index (χ4v) is 7.03. The average Bonchev–Trinajstić information content (AvgIpc) is 2.63. The van der Waals surface area contributed by atoms with E-state index >= 15 is 0 Å². The van der Waals surface area contributed by atoms with Crippen LogP contribution in [-0.2, 0) is 19.1 Å². The van der Waals surface area contributed by atoms with Gasteiger partial charge in [0.15, 0.2) is 0 Å². The fraction of sp³-hybridized carbons (Fsp3) is 0.833. The molecular formula is C24H38O5. The van der Waals surface area contributed by atoms with Crippen LogP contribution in [0.3, 0.4) is 0 Å². The van der Waals surface area contributed by atoms with E-state index in [0.29, 0.717) is 18.4 Å². The molecule has 0 unspecified atom stereocenters.